The highest BCUT2D eigenvalue weighted by Crippen LogP contribution is 2.61. The van der Waals surface area contributed by atoms with Gasteiger partial charge in [-0.15, -0.1) is 11.3 Å². The Labute approximate surface area is 219 Å². The summed E-state index contributed by atoms with van der Waals surface area (Å²) >= 11 is 20.7. The third-order valence-corrected chi connectivity index (χ3v) is 10.8. The second kappa shape index (κ2) is 8.40. The number of nitrogens with zero attached hydrogens (tertiary/aromatic N) is 2. The average molecular weight is 537 g/mol. The number of thiophene rings is 1. The number of carbonyl (C=O) groups excluding carboxylic acids is 1. The highest BCUT2D eigenvalue weighted by molar-refractivity contribution is 7.16. The summed E-state index contributed by atoms with van der Waals surface area (Å²) in [4.78, 5) is 14.7. The fraction of sp³-hybridized carbons (Fsp3) is 0.538. The number of amides is 1. The molecule has 7 rings (SSSR count). The average Bonchev–Trinajstić information content (AvgIpc) is 3.37. The van der Waals surface area contributed by atoms with Crippen molar-refractivity contribution in [2.45, 2.75) is 52.0 Å². The lowest BCUT2D eigenvalue weighted by Gasteiger charge is -2.60. The Bertz CT molecular complexity index is 1190. The lowest BCUT2D eigenvalue weighted by Crippen LogP contribution is -2.55. The van der Waals surface area contributed by atoms with Crippen molar-refractivity contribution in [1.29, 1.82) is 0 Å². The zero-order chi connectivity index (χ0) is 23.8. The number of benzene rings is 1. The van der Waals surface area contributed by atoms with Crippen molar-refractivity contribution in [2.75, 3.05) is 11.6 Å². The monoisotopic (exact) mass is 535 g/mol. The van der Waals surface area contributed by atoms with Gasteiger partial charge in [0.05, 0.1) is 21.1 Å². The van der Waals surface area contributed by atoms with Crippen molar-refractivity contribution in [2.24, 2.45) is 34.2 Å². The third-order valence-electron chi connectivity index (χ3n) is 8.93. The van der Waals surface area contributed by atoms with Gasteiger partial charge >= 0.3 is 0 Å². The molecule has 3 saturated carbocycles. The van der Waals surface area contributed by atoms with Crippen LogP contribution in [0.2, 0.25) is 14.4 Å². The van der Waals surface area contributed by atoms with Crippen molar-refractivity contribution < 1.29 is 4.79 Å². The van der Waals surface area contributed by atoms with E-state index in [9.17, 15) is 4.79 Å². The number of carbonyl (C=O) groups is 1. The van der Waals surface area contributed by atoms with Gasteiger partial charge in [-0.1, -0.05) is 48.7 Å². The number of hydrazone groups is 1. The number of hydrogen-bond donors (Lipinski definition) is 1. The normalized spacial score (nSPS) is 30.8. The van der Waals surface area contributed by atoms with Gasteiger partial charge in [-0.3, -0.25) is 9.80 Å². The Kier molecular flexibility index (Phi) is 5.72. The van der Waals surface area contributed by atoms with E-state index in [1.54, 1.807) is 17.4 Å². The fourth-order valence-electron chi connectivity index (χ4n) is 6.93. The molecule has 2 heterocycles. The molecule has 2 aromatic rings. The standard InChI is InChI=1S/C26H28Cl3N3OS/c1-26(2)15-5-3-14(18(26)10-15)12-30-25(33)22-17-7-4-13-9-21(29)34-24(13)23(17)32(31-22)20-8-6-16(27)11-19(20)28/h6,8-9,11,14-15,17-18,23H,3-5,7,10,12H2,1-2H3,(H,30,33). The van der Waals surface area contributed by atoms with Crippen molar-refractivity contribution in [3.8, 4) is 0 Å². The van der Waals surface area contributed by atoms with Gasteiger partial charge in [0.2, 0.25) is 0 Å². The molecule has 8 heteroatoms. The smallest absolute Gasteiger partial charge is 0.267 e. The second-order valence-electron chi connectivity index (χ2n) is 10.9. The largest absolute Gasteiger partial charge is 0.351 e. The molecule has 1 aliphatic heterocycles. The maximum Gasteiger partial charge on any atom is 0.267 e. The number of hydrogen-bond acceptors (Lipinski definition) is 4. The number of halogens is 3. The summed E-state index contributed by atoms with van der Waals surface area (Å²) in [7, 11) is 0. The van der Waals surface area contributed by atoms with E-state index in [4.69, 9.17) is 39.9 Å². The molecule has 1 aromatic heterocycles. The van der Waals surface area contributed by atoms with E-state index in [1.165, 1.54) is 29.7 Å². The minimum atomic E-state index is -0.0818. The first kappa shape index (κ1) is 23.1. The summed E-state index contributed by atoms with van der Waals surface area (Å²) in [6.07, 6.45) is 5.56. The quantitative estimate of drug-likeness (QED) is 0.443. The third kappa shape index (κ3) is 3.61. The molecule has 1 aromatic carbocycles. The Morgan fingerprint density at radius 2 is 2.03 bits per heavy atom. The van der Waals surface area contributed by atoms with E-state index in [-0.39, 0.29) is 17.9 Å². The van der Waals surface area contributed by atoms with Gasteiger partial charge in [-0.25, -0.2) is 0 Å². The van der Waals surface area contributed by atoms with Crippen molar-refractivity contribution >= 4 is 63.4 Å². The Morgan fingerprint density at radius 1 is 1.21 bits per heavy atom. The van der Waals surface area contributed by atoms with Crippen molar-refractivity contribution in [3.05, 3.63) is 49.1 Å². The number of fused-ring (bicyclic) bond motifs is 5. The SMILES string of the molecule is CC1(C)C2CCC(CNC(=O)C3=NN(c4ccc(Cl)cc4Cl)C4c5sc(Cl)cc5CCC34)C1C2. The highest BCUT2D eigenvalue weighted by Gasteiger charge is 2.54. The van der Waals surface area contributed by atoms with Crippen LogP contribution in [0.3, 0.4) is 0 Å². The Hall–Kier alpha value is -1.27. The van der Waals surface area contributed by atoms with Crippen LogP contribution < -0.4 is 10.3 Å². The predicted molar refractivity (Wildman–Crippen MR) is 141 cm³/mol. The maximum atomic E-state index is 13.5. The summed E-state index contributed by atoms with van der Waals surface area (Å²) in [5, 5.41) is 11.2. The zero-order valence-corrected chi connectivity index (χ0v) is 22.4. The summed E-state index contributed by atoms with van der Waals surface area (Å²) in [6, 6.07) is 7.39. The lowest BCUT2D eigenvalue weighted by atomic mass is 9.45. The topological polar surface area (TPSA) is 44.7 Å². The van der Waals surface area contributed by atoms with Gasteiger partial charge < -0.3 is 5.32 Å². The predicted octanol–water partition coefficient (Wildman–Crippen LogP) is 7.38. The van der Waals surface area contributed by atoms with Crippen LogP contribution in [-0.4, -0.2) is 18.2 Å². The van der Waals surface area contributed by atoms with Crippen LogP contribution in [0, 0.1) is 29.1 Å². The van der Waals surface area contributed by atoms with Gasteiger partial charge in [0.25, 0.3) is 5.91 Å². The van der Waals surface area contributed by atoms with Crippen LogP contribution in [-0.2, 0) is 11.2 Å². The molecule has 0 saturated heterocycles. The summed E-state index contributed by atoms with van der Waals surface area (Å²) in [5.41, 5.74) is 3.01. The molecule has 1 N–H and O–H groups in total. The highest BCUT2D eigenvalue weighted by atomic mass is 35.5. The van der Waals surface area contributed by atoms with Crippen LogP contribution >= 0.6 is 46.1 Å². The van der Waals surface area contributed by atoms with Crippen molar-refractivity contribution in [1.82, 2.24) is 5.32 Å². The van der Waals surface area contributed by atoms with Crippen LogP contribution in [0.1, 0.15) is 56.0 Å². The van der Waals surface area contributed by atoms with Crippen LogP contribution in [0.15, 0.2) is 29.4 Å². The molecule has 0 spiro atoms. The van der Waals surface area contributed by atoms with E-state index < -0.39 is 0 Å². The number of rotatable bonds is 4. The van der Waals surface area contributed by atoms with Gasteiger partial charge in [-0.2, -0.15) is 5.10 Å². The van der Waals surface area contributed by atoms with E-state index in [2.05, 4.69) is 19.2 Å². The molecular formula is C26H28Cl3N3OS. The molecular weight excluding hydrogens is 509 g/mol. The molecule has 5 aliphatic rings. The number of nitrogens with one attached hydrogen (secondary N) is 1. The lowest BCUT2D eigenvalue weighted by molar-refractivity contribution is -0.119. The van der Waals surface area contributed by atoms with Crippen LogP contribution in [0.4, 0.5) is 5.69 Å². The molecule has 4 nitrogen and oxygen atoms in total. The molecule has 2 bridgehead atoms. The molecule has 5 atom stereocenters. The number of aryl methyl sites for hydroxylation is 1. The minimum Gasteiger partial charge on any atom is -0.351 e. The van der Waals surface area contributed by atoms with E-state index in [0.717, 1.165) is 35.3 Å². The summed E-state index contributed by atoms with van der Waals surface area (Å²) in [6.45, 7) is 5.52. The van der Waals surface area contributed by atoms with Gasteiger partial charge in [0, 0.05) is 22.4 Å². The summed E-state index contributed by atoms with van der Waals surface area (Å²) < 4.78 is 0.768. The minimum absolute atomic E-state index is 0.00448. The summed E-state index contributed by atoms with van der Waals surface area (Å²) in [5.74, 6) is 2.08. The van der Waals surface area contributed by atoms with Gasteiger partial charge in [0.1, 0.15) is 5.71 Å². The van der Waals surface area contributed by atoms with Crippen LogP contribution in [0.25, 0.3) is 0 Å². The van der Waals surface area contributed by atoms with E-state index in [0.29, 0.717) is 33.0 Å². The van der Waals surface area contributed by atoms with Crippen LogP contribution in [0.5, 0.6) is 0 Å². The first-order valence-electron chi connectivity index (χ1n) is 12.1. The Morgan fingerprint density at radius 3 is 2.76 bits per heavy atom. The fourth-order valence-corrected chi connectivity index (χ4v) is 8.90. The molecule has 3 fully saturated rings. The second-order valence-corrected chi connectivity index (χ2v) is 13.4. The van der Waals surface area contributed by atoms with Crippen molar-refractivity contribution in [3.63, 3.8) is 0 Å². The number of anilines is 1. The van der Waals surface area contributed by atoms with Gasteiger partial charge in [-0.05, 0) is 85.1 Å². The first-order valence-corrected chi connectivity index (χ1v) is 14.1. The zero-order valence-electron chi connectivity index (χ0n) is 19.3. The molecule has 180 valence electrons. The molecule has 1 amide bonds. The molecule has 4 aliphatic carbocycles. The van der Waals surface area contributed by atoms with E-state index in [1.807, 2.05) is 23.2 Å². The molecule has 34 heavy (non-hydrogen) atoms. The molecule has 5 unspecified atom stereocenters. The maximum absolute atomic E-state index is 13.5. The van der Waals surface area contributed by atoms with Gasteiger partial charge in [0.15, 0.2) is 0 Å². The Balaban J connectivity index is 1.28. The van der Waals surface area contributed by atoms with E-state index >= 15 is 0 Å². The molecule has 0 radical (unpaired) electrons. The first-order chi connectivity index (χ1) is 16.2.